The van der Waals surface area contributed by atoms with Gasteiger partial charge in [0.1, 0.15) is 0 Å². The number of halogens is 1. The second-order valence-corrected chi connectivity index (χ2v) is 4.75. The number of benzene rings is 1. The van der Waals surface area contributed by atoms with Gasteiger partial charge in [0.2, 0.25) is 5.88 Å². The Kier molecular flexibility index (Phi) is 2.22. The molecule has 0 aliphatic carbocycles. The van der Waals surface area contributed by atoms with Crippen molar-refractivity contribution in [3.05, 3.63) is 35.1 Å². The molecule has 0 spiro atoms. The SMILES string of the molecule is Cn1cc(Br)c2c(-c3cnoc3N)cccc21. The number of nitrogen functional groups attached to an aromatic ring is 1. The minimum absolute atomic E-state index is 0.341. The van der Waals surface area contributed by atoms with Gasteiger partial charge in [0.05, 0.1) is 11.8 Å². The lowest BCUT2D eigenvalue weighted by molar-refractivity contribution is 0.436. The molecule has 4 nitrogen and oxygen atoms in total. The molecule has 2 N–H and O–H groups in total. The number of nitrogens with two attached hydrogens (primary N) is 1. The van der Waals surface area contributed by atoms with Gasteiger partial charge in [-0.2, -0.15) is 0 Å². The van der Waals surface area contributed by atoms with Crippen LogP contribution in [0.2, 0.25) is 0 Å². The zero-order valence-corrected chi connectivity index (χ0v) is 10.7. The van der Waals surface area contributed by atoms with Gasteiger partial charge < -0.3 is 14.8 Å². The average Bonchev–Trinajstić information content (AvgIpc) is 2.85. The van der Waals surface area contributed by atoms with Crippen LogP contribution in [0.1, 0.15) is 0 Å². The second-order valence-electron chi connectivity index (χ2n) is 3.89. The van der Waals surface area contributed by atoms with Crippen LogP contribution in [0.3, 0.4) is 0 Å². The minimum Gasteiger partial charge on any atom is -0.367 e. The van der Waals surface area contributed by atoms with Gasteiger partial charge in [0.15, 0.2) is 0 Å². The van der Waals surface area contributed by atoms with Gasteiger partial charge in [-0.15, -0.1) is 0 Å². The van der Waals surface area contributed by atoms with Crippen LogP contribution in [-0.4, -0.2) is 9.72 Å². The van der Waals surface area contributed by atoms with Crippen molar-refractivity contribution >= 4 is 32.7 Å². The number of hydrogen-bond donors (Lipinski definition) is 1. The Balaban J connectivity index is 2.42. The van der Waals surface area contributed by atoms with E-state index in [0.717, 1.165) is 26.5 Å². The number of rotatable bonds is 1. The third-order valence-electron chi connectivity index (χ3n) is 2.86. The van der Waals surface area contributed by atoms with Crippen LogP contribution in [0.15, 0.2) is 39.6 Å². The highest BCUT2D eigenvalue weighted by Crippen LogP contribution is 2.36. The molecular formula is C12H10BrN3O. The van der Waals surface area contributed by atoms with Crippen molar-refractivity contribution in [1.82, 2.24) is 9.72 Å². The lowest BCUT2D eigenvalue weighted by Gasteiger charge is -2.02. The van der Waals surface area contributed by atoms with Gasteiger partial charge >= 0.3 is 0 Å². The van der Waals surface area contributed by atoms with E-state index in [9.17, 15) is 0 Å². The Morgan fingerprint density at radius 3 is 2.88 bits per heavy atom. The molecule has 2 aromatic heterocycles. The van der Waals surface area contributed by atoms with E-state index in [0.29, 0.717) is 5.88 Å². The monoisotopic (exact) mass is 291 g/mol. The third kappa shape index (κ3) is 1.46. The fourth-order valence-corrected chi connectivity index (χ4v) is 2.79. The molecule has 1 aromatic carbocycles. The summed E-state index contributed by atoms with van der Waals surface area (Å²) in [6.45, 7) is 0. The van der Waals surface area contributed by atoms with E-state index >= 15 is 0 Å². The van der Waals surface area contributed by atoms with Crippen LogP contribution in [-0.2, 0) is 7.05 Å². The predicted molar refractivity (Wildman–Crippen MR) is 70.5 cm³/mol. The molecule has 0 saturated heterocycles. The van der Waals surface area contributed by atoms with Gasteiger partial charge in [-0.05, 0) is 27.6 Å². The quantitative estimate of drug-likeness (QED) is 0.749. The molecule has 0 amide bonds. The van der Waals surface area contributed by atoms with Crippen LogP contribution in [0.4, 0.5) is 5.88 Å². The Morgan fingerprint density at radius 1 is 1.35 bits per heavy atom. The molecule has 0 atom stereocenters. The highest BCUT2D eigenvalue weighted by molar-refractivity contribution is 9.10. The molecule has 0 fully saturated rings. The Hall–Kier alpha value is -1.75. The summed E-state index contributed by atoms with van der Waals surface area (Å²) in [5.41, 5.74) is 8.75. The largest absolute Gasteiger partial charge is 0.367 e. The summed E-state index contributed by atoms with van der Waals surface area (Å²) in [7, 11) is 2.01. The van der Waals surface area contributed by atoms with Gasteiger partial charge in [0, 0.05) is 28.6 Å². The molecule has 0 aliphatic heterocycles. The van der Waals surface area contributed by atoms with E-state index in [4.69, 9.17) is 10.3 Å². The van der Waals surface area contributed by atoms with Crippen LogP contribution in [0, 0.1) is 0 Å². The van der Waals surface area contributed by atoms with Crippen molar-refractivity contribution in [2.24, 2.45) is 7.05 Å². The second kappa shape index (κ2) is 3.63. The fourth-order valence-electron chi connectivity index (χ4n) is 2.06. The van der Waals surface area contributed by atoms with Crippen molar-refractivity contribution in [2.45, 2.75) is 0 Å². The van der Waals surface area contributed by atoms with Gasteiger partial charge in [-0.1, -0.05) is 17.3 Å². The first-order chi connectivity index (χ1) is 8.18. The molecule has 86 valence electrons. The van der Waals surface area contributed by atoms with E-state index in [2.05, 4.69) is 31.7 Å². The van der Waals surface area contributed by atoms with Crippen molar-refractivity contribution < 1.29 is 4.52 Å². The number of aromatic nitrogens is 2. The van der Waals surface area contributed by atoms with E-state index in [1.807, 2.05) is 25.4 Å². The molecule has 0 radical (unpaired) electrons. The summed E-state index contributed by atoms with van der Waals surface area (Å²) in [4.78, 5) is 0. The molecule has 0 unspecified atom stereocenters. The molecule has 17 heavy (non-hydrogen) atoms. The Bertz CT molecular complexity index is 699. The standard InChI is InChI=1S/C12H10BrN3O/c1-16-6-9(13)11-7(3-2-4-10(11)16)8-5-15-17-12(8)14/h2-6H,14H2,1H3. The maximum Gasteiger partial charge on any atom is 0.229 e. The fraction of sp³-hybridized carbons (Fsp3) is 0.0833. The van der Waals surface area contributed by atoms with E-state index in [1.54, 1.807) is 6.20 Å². The van der Waals surface area contributed by atoms with Crippen molar-refractivity contribution in [1.29, 1.82) is 0 Å². The van der Waals surface area contributed by atoms with Gasteiger partial charge in [0.25, 0.3) is 0 Å². The lowest BCUT2D eigenvalue weighted by Crippen LogP contribution is -1.87. The van der Waals surface area contributed by atoms with Gasteiger partial charge in [-0.3, -0.25) is 0 Å². The third-order valence-corrected chi connectivity index (χ3v) is 3.46. The molecule has 0 bridgehead atoms. The number of aryl methyl sites for hydroxylation is 1. The highest BCUT2D eigenvalue weighted by Gasteiger charge is 2.14. The lowest BCUT2D eigenvalue weighted by atomic mass is 10.0. The molecular weight excluding hydrogens is 282 g/mol. The van der Waals surface area contributed by atoms with E-state index < -0.39 is 0 Å². The predicted octanol–water partition coefficient (Wildman–Crippen LogP) is 3.18. The molecule has 3 rings (SSSR count). The Labute approximate surface area is 106 Å². The average molecular weight is 292 g/mol. The number of anilines is 1. The summed E-state index contributed by atoms with van der Waals surface area (Å²) in [5.74, 6) is 0.341. The first-order valence-electron chi connectivity index (χ1n) is 5.12. The molecule has 3 aromatic rings. The Morgan fingerprint density at radius 2 is 2.18 bits per heavy atom. The van der Waals surface area contributed by atoms with Crippen molar-refractivity contribution in [2.75, 3.05) is 5.73 Å². The smallest absolute Gasteiger partial charge is 0.229 e. The van der Waals surface area contributed by atoms with Crippen molar-refractivity contribution in [3.63, 3.8) is 0 Å². The summed E-state index contributed by atoms with van der Waals surface area (Å²) in [6, 6.07) is 6.07. The van der Waals surface area contributed by atoms with E-state index in [-0.39, 0.29) is 0 Å². The normalized spacial score (nSPS) is 11.2. The summed E-state index contributed by atoms with van der Waals surface area (Å²) in [6.07, 6.45) is 3.67. The van der Waals surface area contributed by atoms with Crippen LogP contribution in [0.25, 0.3) is 22.0 Å². The summed E-state index contributed by atoms with van der Waals surface area (Å²) < 4.78 is 8.02. The summed E-state index contributed by atoms with van der Waals surface area (Å²) >= 11 is 3.57. The topological polar surface area (TPSA) is 57.0 Å². The molecule has 0 saturated carbocycles. The van der Waals surface area contributed by atoms with Crippen LogP contribution >= 0.6 is 15.9 Å². The van der Waals surface area contributed by atoms with Crippen LogP contribution in [0.5, 0.6) is 0 Å². The number of nitrogens with zero attached hydrogens (tertiary/aromatic N) is 2. The zero-order valence-electron chi connectivity index (χ0n) is 9.14. The maximum atomic E-state index is 5.77. The first kappa shape index (κ1) is 10.4. The summed E-state index contributed by atoms with van der Waals surface area (Å²) in [5, 5.41) is 4.83. The maximum absolute atomic E-state index is 5.77. The number of hydrogen-bond acceptors (Lipinski definition) is 3. The molecule has 2 heterocycles. The minimum atomic E-state index is 0.341. The first-order valence-corrected chi connectivity index (χ1v) is 5.92. The zero-order chi connectivity index (χ0) is 12.0. The molecule has 5 heteroatoms. The van der Waals surface area contributed by atoms with Crippen LogP contribution < -0.4 is 5.73 Å². The van der Waals surface area contributed by atoms with Crippen molar-refractivity contribution in [3.8, 4) is 11.1 Å². The van der Waals surface area contributed by atoms with E-state index in [1.165, 1.54) is 0 Å². The van der Waals surface area contributed by atoms with Gasteiger partial charge in [-0.25, -0.2) is 0 Å². The molecule has 0 aliphatic rings. The number of fused-ring (bicyclic) bond motifs is 1. The highest BCUT2D eigenvalue weighted by atomic mass is 79.9.